The van der Waals surface area contributed by atoms with Crippen LogP contribution in [-0.4, -0.2) is 43.7 Å². The summed E-state index contributed by atoms with van der Waals surface area (Å²) in [5, 5.41) is 0. The summed E-state index contributed by atoms with van der Waals surface area (Å²) in [6, 6.07) is 0. The van der Waals surface area contributed by atoms with E-state index in [4.69, 9.17) is 18.9 Å². The minimum atomic E-state index is -0.796. The van der Waals surface area contributed by atoms with Gasteiger partial charge in [0.2, 0.25) is 0 Å². The lowest BCUT2D eigenvalue weighted by Gasteiger charge is -2.22. The van der Waals surface area contributed by atoms with E-state index in [1.54, 1.807) is 6.92 Å². The molecule has 22 heavy (non-hydrogen) atoms. The van der Waals surface area contributed by atoms with Gasteiger partial charge in [-0.3, -0.25) is 4.79 Å². The molecule has 0 N–H and O–H groups in total. The van der Waals surface area contributed by atoms with Crippen molar-refractivity contribution in [2.75, 3.05) is 19.8 Å². The van der Waals surface area contributed by atoms with Gasteiger partial charge in [0, 0.05) is 0 Å². The maximum Gasteiger partial charge on any atom is 0.508 e. The summed E-state index contributed by atoms with van der Waals surface area (Å²) in [5.74, 6) is -0.308. The normalized spacial score (nSPS) is 13.4. The Kier molecular flexibility index (Phi) is 8.45. The number of ether oxygens (including phenoxy) is 4. The van der Waals surface area contributed by atoms with Crippen LogP contribution in [0.15, 0.2) is 0 Å². The quantitative estimate of drug-likeness (QED) is 0.505. The minimum absolute atomic E-state index is 0.00978. The van der Waals surface area contributed by atoms with E-state index >= 15 is 0 Å². The third kappa shape index (κ3) is 9.60. The third-order valence-corrected chi connectivity index (χ3v) is 3.02. The van der Waals surface area contributed by atoms with Crippen LogP contribution in [0.25, 0.3) is 0 Å². The molecule has 0 aliphatic heterocycles. The highest BCUT2D eigenvalue weighted by molar-refractivity contribution is 5.75. The largest absolute Gasteiger partial charge is 0.508 e. The zero-order chi connectivity index (χ0) is 17.4. The van der Waals surface area contributed by atoms with E-state index in [9.17, 15) is 9.59 Å². The molecule has 0 saturated carbocycles. The SMILES string of the molecule is CCC(C)(C)C(=O)OCC(C)OC(=O)OCCOC(C)(C)C. The van der Waals surface area contributed by atoms with Crippen LogP contribution in [0.1, 0.15) is 54.9 Å². The summed E-state index contributed by atoms with van der Waals surface area (Å²) in [4.78, 5) is 23.2. The molecule has 0 radical (unpaired) electrons. The second kappa shape index (κ2) is 8.98. The monoisotopic (exact) mass is 318 g/mol. The van der Waals surface area contributed by atoms with Gasteiger partial charge in [0.05, 0.1) is 17.6 Å². The first kappa shape index (κ1) is 20.7. The highest BCUT2D eigenvalue weighted by atomic mass is 16.7. The Morgan fingerprint density at radius 1 is 1.00 bits per heavy atom. The van der Waals surface area contributed by atoms with Crippen molar-refractivity contribution in [2.24, 2.45) is 5.41 Å². The van der Waals surface area contributed by atoms with Gasteiger partial charge in [0.1, 0.15) is 19.3 Å². The lowest BCUT2D eigenvalue weighted by Crippen LogP contribution is -2.30. The fourth-order valence-corrected chi connectivity index (χ4v) is 1.24. The summed E-state index contributed by atoms with van der Waals surface area (Å²) in [6.45, 7) is 13.3. The first-order chi connectivity index (χ1) is 9.98. The zero-order valence-electron chi connectivity index (χ0n) is 14.9. The van der Waals surface area contributed by atoms with E-state index in [-0.39, 0.29) is 24.8 Å². The lowest BCUT2D eigenvalue weighted by molar-refractivity contribution is -0.157. The van der Waals surface area contributed by atoms with Gasteiger partial charge in [-0.25, -0.2) is 4.79 Å². The van der Waals surface area contributed by atoms with Gasteiger partial charge in [-0.2, -0.15) is 0 Å². The summed E-state index contributed by atoms with van der Waals surface area (Å²) >= 11 is 0. The fourth-order valence-electron chi connectivity index (χ4n) is 1.24. The Morgan fingerprint density at radius 3 is 2.09 bits per heavy atom. The second-order valence-corrected chi connectivity index (χ2v) is 6.82. The highest BCUT2D eigenvalue weighted by Crippen LogP contribution is 2.21. The van der Waals surface area contributed by atoms with Crippen LogP contribution >= 0.6 is 0 Å². The molecule has 0 bridgehead atoms. The molecule has 0 rings (SSSR count). The Labute approximate surface area is 133 Å². The van der Waals surface area contributed by atoms with E-state index in [0.29, 0.717) is 13.0 Å². The molecule has 0 saturated heterocycles. The van der Waals surface area contributed by atoms with Crippen molar-refractivity contribution in [3.05, 3.63) is 0 Å². The second-order valence-electron chi connectivity index (χ2n) is 6.82. The molecule has 6 nitrogen and oxygen atoms in total. The van der Waals surface area contributed by atoms with Gasteiger partial charge < -0.3 is 18.9 Å². The molecule has 130 valence electrons. The van der Waals surface area contributed by atoms with Crippen LogP contribution in [0, 0.1) is 5.41 Å². The van der Waals surface area contributed by atoms with Crippen molar-refractivity contribution >= 4 is 12.1 Å². The van der Waals surface area contributed by atoms with Gasteiger partial charge in [-0.1, -0.05) is 6.92 Å². The summed E-state index contributed by atoms with van der Waals surface area (Å²) in [6.07, 6.45) is -0.680. The van der Waals surface area contributed by atoms with Crippen LogP contribution in [0.4, 0.5) is 4.79 Å². The van der Waals surface area contributed by atoms with Crippen LogP contribution < -0.4 is 0 Å². The van der Waals surface area contributed by atoms with Crippen molar-refractivity contribution in [2.45, 2.75) is 66.6 Å². The van der Waals surface area contributed by atoms with Crippen LogP contribution in [0.5, 0.6) is 0 Å². The molecule has 0 aliphatic rings. The number of esters is 1. The molecule has 0 fully saturated rings. The highest BCUT2D eigenvalue weighted by Gasteiger charge is 2.27. The van der Waals surface area contributed by atoms with Crippen molar-refractivity contribution in [3.8, 4) is 0 Å². The molecule has 0 aliphatic carbocycles. The van der Waals surface area contributed by atoms with Crippen LogP contribution in [0.2, 0.25) is 0 Å². The van der Waals surface area contributed by atoms with Crippen LogP contribution in [-0.2, 0) is 23.7 Å². The fraction of sp³-hybridized carbons (Fsp3) is 0.875. The van der Waals surface area contributed by atoms with E-state index in [1.165, 1.54) is 0 Å². The predicted molar refractivity (Wildman–Crippen MR) is 82.6 cm³/mol. The van der Waals surface area contributed by atoms with Crippen molar-refractivity contribution in [1.29, 1.82) is 0 Å². The van der Waals surface area contributed by atoms with E-state index in [0.717, 1.165) is 0 Å². The Morgan fingerprint density at radius 2 is 1.59 bits per heavy atom. The van der Waals surface area contributed by atoms with Gasteiger partial charge in [0.15, 0.2) is 0 Å². The van der Waals surface area contributed by atoms with Gasteiger partial charge in [0.25, 0.3) is 0 Å². The maximum absolute atomic E-state index is 11.8. The molecule has 0 spiro atoms. The van der Waals surface area contributed by atoms with Crippen LogP contribution in [0.3, 0.4) is 0 Å². The molecule has 0 aromatic rings. The zero-order valence-corrected chi connectivity index (χ0v) is 14.9. The molecule has 0 aromatic carbocycles. The average Bonchev–Trinajstić information content (AvgIpc) is 2.39. The Hall–Kier alpha value is -1.30. The molecule has 0 amide bonds. The predicted octanol–water partition coefficient (Wildman–Crippen LogP) is 3.32. The number of rotatable bonds is 8. The maximum atomic E-state index is 11.8. The first-order valence-corrected chi connectivity index (χ1v) is 7.62. The summed E-state index contributed by atoms with van der Waals surface area (Å²) in [5.41, 5.74) is -0.814. The Balaban J connectivity index is 3.90. The summed E-state index contributed by atoms with van der Waals surface area (Å²) < 4.78 is 20.4. The number of carbonyl (C=O) groups is 2. The molecule has 0 aromatic heterocycles. The summed E-state index contributed by atoms with van der Waals surface area (Å²) in [7, 11) is 0. The average molecular weight is 318 g/mol. The van der Waals surface area contributed by atoms with E-state index in [1.807, 2.05) is 41.5 Å². The number of carbonyl (C=O) groups excluding carboxylic acids is 2. The lowest BCUT2D eigenvalue weighted by atomic mass is 9.91. The van der Waals surface area contributed by atoms with E-state index in [2.05, 4.69) is 0 Å². The van der Waals surface area contributed by atoms with Gasteiger partial charge in [-0.15, -0.1) is 0 Å². The number of hydrogen-bond donors (Lipinski definition) is 0. The molecular formula is C16H30O6. The first-order valence-electron chi connectivity index (χ1n) is 7.62. The van der Waals surface area contributed by atoms with E-state index < -0.39 is 17.7 Å². The van der Waals surface area contributed by atoms with Gasteiger partial charge >= 0.3 is 12.1 Å². The minimum Gasteiger partial charge on any atom is -0.461 e. The van der Waals surface area contributed by atoms with Crippen molar-refractivity contribution in [3.63, 3.8) is 0 Å². The standard InChI is InChI=1S/C16H30O6/c1-8-16(6,7)13(17)20-11-12(2)22-14(18)19-9-10-21-15(3,4)5/h12H,8-11H2,1-7H3. The van der Waals surface area contributed by atoms with Gasteiger partial charge in [-0.05, 0) is 48.0 Å². The van der Waals surface area contributed by atoms with Crippen molar-refractivity contribution < 1.29 is 28.5 Å². The number of hydrogen-bond acceptors (Lipinski definition) is 6. The third-order valence-electron chi connectivity index (χ3n) is 3.02. The molecule has 6 heteroatoms. The molecular weight excluding hydrogens is 288 g/mol. The van der Waals surface area contributed by atoms with Crippen molar-refractivity contribution in [1.82, 2.24) is 0 Å². The molecule has 1 atom stereocenters. The molecule has 0 heterocycles. The topological polar surface area (TPSA) is 71.1 Å². The smallest absolute Gasteiger partial charge is 0.461 e. The Bertz CT molecular complexity index is 356. The molecule has 1 unspecified atom stereocenters.